The molecule has 104 valence electrons. The van der Waals surface area contributed by atoms with Crippen molar-refractivity contribution in [1.82, 2.24) is 4.31 Å². The van der Waals surface area contributed by atoms with Crippen molar-refractivity contribution in [1.29, 1.82) is 0 Å². The largest absolute Gasteiger partial charge is 0.236 e. The van der Waals surface area contributed by atoms with Crippen LogP contribution in [0.15, 0.2) is 29.7 Å². The fourth-order valence-corrected chi connectivity index (χ4v) is 3.52. The standard InChI is InChI=1S/C14H18ClNO2S/c15-14-7-5-13(6-8-14)9-12-19(17,18)16-10-3-1-2-4-11-16/h5-9,12H,1-4,10-11H2. The van der Waals surface area contributed by atoms with E-state index in [2.05, 4.69) is 0 Å². The summed E-state index contributed by atoms with van der Waals surface area (Å²) in [4.78, 5) is 0. The molecule has 3 nitrogen and oxygen atoms in total. The van der Waals surface area contributed by atoms with Crippen LogP contribution in [-0.2, 0) is 10.0 Å². The lowest BCUT2D eigenvalue weighted by atomic mass is 10.2. The second-order valence-corrected chi connectivity index (χ2v) is 6.97. The third-order valence-corrected chi connectivity index (χ3v) is 5.04. The van der Waals surface area contributed by atoms with Crippen molar-refractivity contribution in [3.8, 4) is 0 Å². The van der Waals surface area contributed by atoms with Crippen LogP contribution in [0, 0.1) is 0 Å². The van der Waals surface area contributed by atoms with Gasteiger partial charge in [-0.15, -0.1) is 0 Å². The molecule has 1 fully saturated rings. The molecule has 1 aromatic carbocycles. The summed E-state index contributed by atoms with van der Waals surface area (Å²) in [5, 5.41) is 1.94. The van der Waals surface area contributed by atoms with Crippen molar-refractivity contribution in [2.45, 2.75) is 25.7 Å². The van der Waals surface area contributed by atoms with Gasteiger partial charge < -0.3 is 0 Å². The molecule has 0 saturated carbocycles. The van der Waals surface area contributed by atoms with E-state index in [1.54, 1.807) is 34.6 Å². The smallest absolute Gasteiger partial charge is 0.208 e. The number of nitrogens with zero attached hydrogens (tertiary/aromatic N) is 1. The number of rotatable bonds is 3. The van der Waals surface area contributed by atoms with Crippen molar-refractivity contribution in [2.75, 3.05) is 13.1 Å². The average molecular weight is 300 g/mol. The molecule has 0 aliphatic carbocycles. The molecule has 0 atom stereocenters. The molecule has 5 heteroatoms. The Kier molecular flexibility index (Phi) is 5.02. The molecule has 2 rings (SSSR count). The number of halogens is 1. The van der Waals surface area contributed by atoms with E-state index < -0.39 is 10.0 Å². The van der Waals surface area contributed by atoms with Gasteiger partial charge in [0.25, 0.3) is 0 Å². The van der Waals surface area contributed by atoms with Gasteiger partial charge in [-0.3, -0.25) is 0 Å². The fourth-order valence-electron chi connectivity index (χ4n) is 2.12. The first-order valence-electron chi connectivity index (χ1n) is 6.52. The van der Waals surface area contributed by atoms with Crippen molar-refractivity contribution in [3.63, 3.8) is 0 Å². The Labute approximate surface area is 119 Å². The summed E-state index contributed by atoms with van der Waals surface area (Å²) >= 11 is 5.79. The average Bonchev–Trinajstić information content (AvgIpc) is 2.67. The van der Waals surface area contributed by atoms with Crippen LogP contribution in [0.5, 0.6) is 0 Å². The third kappa shape index (κ3) is 4.34. The monoisotopic (exact) mass is 299 g/mol. The summed E-state index contributed by atoms with van der Waals surface area (Å²) in [6.07, 6.45) is 5.76. The Balaban J connectivity index is 2.09. The van der Waals surface area contributed by atoms with Gasteiger partial charge in [0.2, 0.25) is 10.0 Å². The molecular formula is C14H18ClNO2S. The van der Waals surface area contributed by atoms with Crippen LogP contribution in [0.2, 0.25) is 5.02 Å². The zero-order valence-corrected chi connectivity index (χ0v) is 12.3. The molecule has 0 aromatic heterocycles. The number of sulfonamides is 1. The molecule has 0 N–H and O–H groups in total. The number of benzene rings is 1. The lowest BCUT2D eigenvalue weighted by molar-refractivity contribution is 0.430. The molecule has 1 saturated heterocycles. The van der Waals surface area contributed by atoms with Crippen LogP contribution in [0.3, 0.4) is 0 Å². The zero-order valence-electron chi connectivity index (χ0n) is 10.8. The Morgan fingerprint density at radius 2 is 1.58 bits per heavy atom. The summed E-state index contributed by atoms with van der Waals surface area (Å²) in [6, 6.07) is 7.10. The SMILES string of the molecule is O=S(=O)(C=Cc1ccc(Cl)cc1)N1CCCCCC1. The fraction of sp³-hybridized carbons (Fsp3) is 0.429. The molecule has 0 spiro atoms. The molecule has 1 aliphatic heterocycles. The lowest BCUT2D eigenvalue weighted by Gasteiger charge is -2.17. The normalized spacial score (nSPS) is 18.6. The van der Waals surface area contributed by atoms with E-state index in [1.807, 2.05) is 0 Å². The maximum absolute atomic E-state index is 12.2. The maximum atomic E-state index is 12.2. The Bertz CT molecular complexity index is 529. The first kappa shape index (κ1) is 14.6. The van der Waals surface area contributed by atoms with Gasteiger partial charge in [0.05, 0.1) is 0 Å². The maximum Gasteiger partial charge on any atom is 0.236 e. The highest BCUT2D eigenvalue weighted by Gasteiger charge is 2.19. The first-order valence-corrected chi connectivity index (χ1v) is 8.40. The molecule has 0 bridgehead atoms. The van der Waals surface area contributed by atoms with Crippen molar-refractivity contribution >= 4 is 27.7 Å². The second-order valence-electron chi connectivity index (χ2n) is 4.71. The van der Waals surface area contributed by atoms with E-state index in [-0.39, 0.29) is 0 Å². The van der Waals surface area contributed by atoms with Crippen molar-refractivity contribution in [3.05, 3.63) is 40.3 Å². The van der Waals surface area contributed by atoms with E-state index in [0.717, 1.165) is 31.2 Å². The highest BCUT2D eigenvalue weighted by Crippen LogP contribution is 2.16. The van der Waals surface area contributed by atoms with Crippen LogP contribution in [-0.4, -0.2) is 25.8 Å². The Hall–Kier alpha value is -0.840. The van der Waals surface area contributed by atoms with Gasteiger partial charge in [0, 0.05) is 23.5 Å². The van der Waals surface area contributed by atoms with E-state index in [9.17, 15) is 8.42 Å². The van der Waals surface area contributed by atoms with Crippen LogP contribution < -0.4 is 0 Å². The molecule has 1 aromatic rings. The molecule has 0 unspecified atom stereocenters. The molecule has 1 heterocycles. The predicted octanol–water partition coefficient (Wildman–Crippen LogP) is 3.52. The van der Waals surface area contributed by atoms with Gasteiger partial charge in [0.1, 0.15) is 0 Å². The first-order chi connectivity index (χ1) is 9.08. The van der Waals surface area contributed by atoms with Crippen molar-refractivity contribution < 1.29 is 8.42 Å². The minimum atomic E-state index is -3.30. The van der Waals surface area contributed by atoms with E-state index in [1.165, 1.54) is 5.41 Å². The Morgan fingerprint density at radius 1 is 1.00 bits per heavy atom. The predicted molar refractivity (Wildman–Crippen MR) is 79.4 cm³/mol. The van der Waals surface area contributed by atoms with Gasteiger partial charge in [0.15, 0.2) is 0 Å². The summed E-state index contributed by atoms with van der Waals surface area (Å²) < 4.78 is 26.0. The molecule has 1 aliphatic rings. The van der Waals surface area contributed by atoms with E-state index in [4.69, 9.17) is 11.6 Å². The number of hydrogen-bond donors (Lipinski definition) is 0. The van der Waals surface area contributed by atoms with Crippen molar-refractivity contribution in [2.24, 2.45) is 0 Å². The summed E-state index contributed by atoms with van der Waals surface area (Å²) in [5.74, 6) is 0. The van der Waals surface area contributed by atoms with Crippen LogP contribution >= 0.6 is 11.6 Å². The summed E-state index contributed by atoms with van der Waals surface area (Å²) in [6.45, 7) is 1.26. The van der Waals surface area contributed by atoms with Crippen LogP contribution in [0.1, 0.15) is 31.2 Å². The molecule has 19 heavy (non-hydrogen) atoms. The van der Waals surface area contributed by atoms with Gasteiger partial charge in [-0.05, 0) is 36.6 Å². The van der Waals surface area contributed by atoms with Gasteiger partial charge in [-0.25, -0.2) is 8.42 Å². The van der Waals surface area contributed by atoms with Gasteiger partial charge in [-0.1, -0.05) is 36.6 Å². The quantitative estimate of drug-likeness (QED) is 0.856. The highest BCUT2D eigenvalue weighted by molar-refractivity contribution is 7.92. The zero-order chi connectivity index (χ0) is 13.7. The highest BCUT2D eigenvalue weighted by atomic mass is 35.5. The van der Waals surface area contributed by atoms with E-state index in [0.29, 0.717) is 18.1 Å². The minimum Gasteiger partial charge on any atom is -0.208 e. The van der Waals surface area contributed by atoms with E-state index >= 15 is 0 Å². The van der Waals surface area contributed by atoms with Gasteiger partial charge >= 0.3 is 0 Å². The number of hydrogen-bond acceptors (Lipinski definition) is 2. The van der Waals surface area contributed by atoms with Gasteiger partial charge in [-0.2, -0.15) is 4.31 Å². The molecule has 0 radical (unpaired) electrons. The minimum absolute atomic E-state index is 0.632. The van der Waals surface area contributed by atoms with Crippen LogP contribution in [0.4, 0.5) is 0 Å². The topological polar surface area (TPSA) is 37.4 Å². The third-order valence-electron chi connectivity index (χ3n) is 3.23. The Morgan fingerprint density at radius 3 is 2.16 bits per heavy atom. The second kappa shape index (κ2) is 6.55. The molecule has 0 amide bonds. The summed E-state index contributed by atoms with van der Waals surface area (Å²) in [7, 11) is -3.30. The van der Waals surface area contributed by atoms with Crippen LogP contribution in [0.25, 0.3) is 6.08 Å². The lowest BCUT2D eigenvalue weighted by Crippen LogP contribution is -2.30. The molecular weight excluding hydrogens is 282 g/mol. The summed E-state index contributed by atoms with van der Waals surface area (Å²) in [5.41, 5.74) is 0.836.